The van der Waals surface area contributed by atoms with E-state index in [1.54, 1.807) is 36.4 Å². The summed E-state index contributed by atoms with van der Waals surface area (Å²) in [5.41, 5.74) is 0.978. The van der Waals surface area contributed by atoms with Crippen LogP contribution in [0.3, 0.4) is 0 Å². The summed E-state index contributed by atoms with van der Waals surface area (Å²) in [5, 5.41) is 11.8. The molecule has 1 N–H and O–H groups in total. The molecule has 0 spiro atoms. The van der Waals surface area contributed by atoms with Crippen LogP contribution in [0.15, 0.2) is 53.4 Å². The monoisotopic (exact) mass is 413 g/mol. The number of nitriles is 1. The van der Waals surface area contributed by atoms with Crippen LogP contribution in [-0.4, -0.2) is 38.3 Å². The molecule has 0 bridgehead atoms. The Hall–Kier alpha value is -2.89. The molecular formula is C21H23N3O4S. The number of anilines is 1. The van der Waals surface area contributed by atoms with Crippen LogP contribution < -0.4 is 10.1 Å². The number of benzene rings is 2. The third-order valence-electron chi connectivity index (χ3n) is 4.79. The van der Waals surface area contributed by atoms with E-state index in [1.807, 2.05) is 13.0 Å². The van der Waals surface area contributed by atoms with Gasteiger partial charge in [0.05, 0.1) is 29.1 Å². The molecule has 7 nitrogen and oxygen atoms in total. The van der Waals surface area contributed by atoms with Crippen LogP contribution in [0.1, 0.15) is 25.3 Å². The van der Waals surface area contributed by atoms with Gasteiger partial charge in [0.15, 0.2) is 0 Å². The van der Waals surface area contributed by atoms with Crippen LogP contribution in [0.5, 0.6) is 5.75 Å². The van der Waals surface area contributed by atoms with E-state index >= 15 is 0 Å². The van der Waals surface area contributed by atoms with E-state index in [0.29, 0.717) is 43.0 Å². The minimum Gasteiger partial charge on any atom is -0.494 e. The van der Waals surface area contributed by atoms with Crippen molar-refractivity contribution < 1.29 is 17.9 Å². The van der Waals surface area contributed by atoms with E-state index in [0.717, 1.165) is 0 Å². The van der Waals surface area contributed by atoms with Gasteiger partial charge in [-0.3, -0.25) is 4.79 Å². The lowest BCUT2D eigenvalue weighted by atomic mass is 9.98. The predicted molar refractivity (Wildman–Crippen MR) is 109 cm³/mol. The maximum Gasteiger partial charge on any atom is 0.243 e. The highest BCUT2D eigenvalue weighted by Crippen LogP contribution is 2.26. The molecule has 8 heteroatoms. The number of amides is 1. The minimum atomic E-state index is -3.69. The molecule has 29 heavy (non-hydrogen) atoms. The summed E-state index contributed by atoms with van der Waals surface area (Å²) in [5.74, 6) is -0.0828. The molecule has 1 saturated heterocycles. The van der Waals surface area contributed by atoms with Gasteiger partial charge in [-0.05, 0) is 62.2 Å². The number of piperidine rings is 1. The second-order valence-electron chi connectivity index (χ2n) is 6.79. The van der Waals surface area contributed by atoms with Gasteiger partial charge in [-0.15, -0.1) is 0 Å². The zero-order chi connectivity index (χ0) is 20.9. The lowest BCUT2D eigenvalue weighted by Crippen LogP contribution is -2.43. The number of rotatable bonds is 6. The Labute approximate surface area is 171 Å². The summed E-state index contributed by atoms with van der Waals surface area (Å²) in [6.45, 7) is 2.87. The molecule has 152 valence electrons. The van der Waals surface area contributed by atoms with Gasteiger partial charge in [0.1, 0.15) is 5.75 Å². The van der Waals surface area contributed by atoms with Gasteiger partial charge < -0.3 is 10.1 Å². The van der Waals surface area contributed by atoms with Crippen molar-refractivity contribution in [1.82, 2.24) is 4.31 Å². The highest BCUT2D eigenvalue weighted by Gasteiger charge is 2.33. The first-order valence-electron chi connectivity index (χ1n) is 9.48. The highest BCUT2D eigenvalue weighted by atomic mass is 32.2. The Morgan fingerprint density at radius 2 is 2.03 bits per heavy atom. The summed E-state index contributed by atoms with van der Waals surface area (Å²) in [4.78, 5) is 12.8. The van der Waals surface area contributed by atoms with Gasteiger partial charge in [-0.25, -0.2) is 8.42 Å². The molecule has 1 heterocycles. The van der Waals surface area contributed by atoms with E-state index in [1.165, 1.54) is 16.4 Å². The van der Waals surface area contributed by atoms with Crippen molar-refractivity contribution in [2.75, 3.05) is 25.0 Å². The molecule has 1 amide bonds. The van der Waals surface area contributed by atoms with Crippen molar-refractivity contribution >= 4 is 21.6 Å². The van der Waals surface area contributed by atoms with Crippen molar-refractivity contribution in [1.29, 1.82) is 5.26 Å². The molecule has 1 fully saturated rings. The largest absolute Gasteiger partial charge is 0.494 e. The third kappa shape index (κ3) is 4.94. The summed E-state index contributed by atoms with van der Waals surface area (Å²) >= 11 is 0. The van der Waals surface area contributed by atoms with E-state index in [2.05, 4.69) is 5.32 Å². The number of ether oxygens (including phenoxy) is 1. The van der Waals surface area contributed by atoms with Gasteiger partial charge in [-0.1, -0.05) is 6.07 Å². The molecule has 1 aliphatic heterocycles. The standard InChI is InChI=1S/C21H23N3O4S/c1-2-28-19-8-10-20(11-9-19)29(26,27)24-12-4-6-17(15-24)21(25)23-18-7-3-5-16(13-18)14-22/h3,5,7-11,13,17H,2,4,6,12,15H2,1H3,(H,23,25). The molecular weight excluding hydrogens is 390 g/mol. The number of hydrogen-bond donors (Lipinski definition) is 1. The van der Waals surface area contributed by atoms with E-state index in [-0.39, 0.29) is 17.3 Å². The van der Waals surface area contributed by atoms with Crippen LogP contribution in [0, 0.1) is 17.2 Å². The van der Waals surface area contributed by atoms with Gasteiger partial charge in [-0.2, -0.15) is 9.57 Å². The second kappa shape index (κ2) is 9.07. The van der Waals surface area contributed by atoms with Crippen LogP contribution in [0.25, 0.3) is 0 Å². The van der Waals surface area contributed by atoms with Gasteiger partial charge in [0, 0.05) is 18.8 Å². The Morgan fingerprint density at radius 1 is 1.28 bits per heavy atom. The van der Waals surface area contributed by atoms with Gasteiger partial charge in [0.25, 0.3) is 0 Å². The average molecular weight is 413 g/mol. The van der Waals surface area contributed by atoms with E-state index in [4.69, 9.17) is 10.00 Å². The molecule has 1 unspecified atom stereocenters. The van der Waals surface area contributed by atoms with Crippen molar-refractivity contribution in [3.63, 3.8) is 0 Å². The maximum absolute atomic E-state index is 13.0. The summed E-state index contributed by atoms with van der Waals surface area (Å²) < 4.78 is 32.7. The highest BCUT2D eigenvalue weighted by molar-refractivity contribution is 7.89. The lowest BCUT2D eigenvalue weighted by molar-refractivity contribution is -0.120. The normalized spacial score (nSPS) is 17.3. The fourth-order valence-corrected chi connectivity index (χ4v) is 4.83. The van der Waals surface area contributed by atoms with Crippen LogP contribution in [0.4, 0.5) is 5.69 Å². The first-order chi connectivity index (χ1) is 13.9. The Bertz CT molecular complexity index is 1010. The van der Waals surface area contributed by atoms with Crippen LogP contribution in [0.2, 0.25) is 0 Å². The number of carbonyl (C=O) groups is 1. The molecule has 0 aromatic heterocycles. The first-order valence-corrected chi connectivity index (χ1v) is 10.9. The SMILES string of the molecule is CCOc1ccc(S(=O)(=O)N2CCCC(C(=O)Nc3cccc(C#N)c3)C2)cc1. The molecule has 0 aliphatic carbocycles. The fourth-order valence-electron chi connectivity index (χ4n) is 3.31. The quantitative estimate of drug-likeness (QED) is 0.785. The van der Waals surface area contributed by atoms with Gasteiger partial charge >= 0.3 is 0 Å². The molecule has 3 rings (SSSR count). The lowest BCUT2D eigenvalue weighted by Gasteiger charge is -2.31. The van der Waals surface area contributed by atoms with E-state index < -0.39 is 15.9 Å². The Kier molecular flexibility index (Phi) is 6.52. The van der Waals surface area contributed by atoms with Gasteiger partial charge in [0.2, 0.25) is 15.9 Å². The minimum absolute atomic E-state index is 0.124. The van der Waals surface area contributed by atoms with Crippen molar-refractivity contribution in [2.24, 2.45) is 5.92 Å². The zero-order valence-electron chi connectivity index (χ0n) is 16.2. The van der Waals surface area contributed by atoms with Crippen LogP contribution in [-0.2, 0) is 14.8 Å². The van der Waals surface area contributed by atoms with E-state index in [9.17, 15) is 13.2 Å². The second-order valence-corrected chi connectivity index (χ2v) is 8.73. The van der Waals surface area contributed by atoms with Crippen LogP contribution >= 0.6 is 0 Å². The Balaban J connectivity index is 1.70. The summed E-state index contributed by atoms with van der Waals surface area (Å²) in [6, 6.07) is 15.0. The summed E-state index contributed by atoms with van der Waals surface area (Å²) in [6.07, 6.45) is 1.21. The molecule has 2 aromatic carbocycles. The molecule has 1 atom stereocenters. The molecule has 1 aliphatic rings. The summed E-state index contributed by atoms with van der Waals surface area (Å²) in [7, 11) is -3.69. The number of hydrogen-bond acceptors (Lipinski definition) is 5. The average Bonchev–Trinajstić information content (AvgIpc) is 2.74. The maximum atomic E-state index is 13.0. The smallest absolute Gasteiger partial charge is 0.243 e. The number of nitrogens with one attached hydrogen (secondary N) is 1. The number of carbonyl (C=O) groups excluding carboxylic acids is 1. The number of sulfonamides is 1. The molecule has 0 saturated carbocycles. The van der Waals surface area contributed by atoms with Crippen molar-refractivity contribution in [2.45, 2.75) is 24.7 Å². The molecule has 0 radical (unpaired) electrons. The Morgan fingerprint density at radius 3 is 2.72 bits per heavy atom. The van der Waals surface area contributed by atoms with Crippen molar-refractivity contribution in [3.8, 4) is 11.8 Å². The predicted octanol–water partition coefficient (Wildman–Crippen LogP) is 3.00. The topological polar surface area (TPSA) is 99.5 Å². The fraction of sp³-hybridized carbons (Fsp3) is 0.333. The first kappa shape index (κ1) is 20.8. The zero-order valence-corrected chi connectivity index (χ0v) is 17.0. The number of nitrogens with zero attached hydrogens (tertiary/aromatic N) is 2. The van der Waals surface area contributed by atoms with Crippen molar-refractivity contribution in [3.05, 3.63) is 54.1 Å². The molecule has 2 aromatic rings. The third-order valence-corrected chi connectivity index (χ3v) is 6.67.